The SMILES string of the molecule is NC1CCC(NC2CCSC2)C1. The van der Waals surface area contributed by atoms with E-state index in [9.17, 15) is 0 Å². The van der Waals surface area contributed by atoms with E-state index >= 15 is 0 Å². The van der Waals surface area contributed by atoms with E-state index in [0.717, 1.165) is 12.1 Å². The van der Waals surface area contributed by atoms with Crippen LogP contribution in [0.3, 0.4) is 0 Å². The molecule has 3 unspecified atom stereocenters. The molecular formula is C9H18N2S. The van der Waals surface area contributed by atoms with Crippen LogP contribution in [0.15, 0.2) is 0 Å². The van der Waals surface area contributed by atoms with Crippen molar-refractivity contribution >= 4 is 11.8 Å². The summed E-state index contributed by atoms with van der Waals surface area (Å²) in [6.07, 6.45) is 5.07. The number of rotatable bonds is 2. The van der Waals surface area contributed by atoms with Gasteiger partial charge in [-0.05, 0) is 31.4 Å². The van der Waals surface area contributed by atoms with Crippen LogP contribution in [0.5, 0.6) is 0 Å². The molecule has 2 fully saturated rings. The van der Waals surface area contributed by atoms with Crippen molar-refractivity contribution in [3.05, 3.63) is 0 Å². The van der Waals surface area contributed by atoms with Crippen LogP contribution in [0.2, 0.25) is 0 Å². The molecular weight excluding hydrogens is 168 g/mol. The van der Waals surface area contributed by atoms with Crippen molar-refractivity contribution < 1.29 is 0 Å². The first kappa shape index (κ1) is 8.85. The predicted molar refractivity (Wildman–Crippen MR) is 54.5 cm³/mol. The van der Waals surface area contributed by atoms with Crippen molar-refractivity contribution in [2.24, 2.45) is 5.73 Å². The van der Waals surface area contributed by atoms with E-state index in [4.69, 9.17) is 5.73 Å². The molecule has 0 spiro atoms. The van der Waals surface area contributed by atoms with Crippen LogP contribution in [-0.4, -0.2) is 29.6 Å². The summed E-state index contributed by atoms with van der Waals surface area (Å²) >= 11 is 2.07. The van der Waals surface area contributed by atoms with Gasteiger partial charge in [0, 0.05) is 23.9 Å². The highest BCUT2D eigenvalue weighted by molar-refractivity contribution is 7.99. The quantitative estimate of drug-likeness (QED) is 0.674. The minimum absolute atomic E-state index is 0.469. The van der Waals surface area contributed by atoms with Crippen LogP contribution in [0, 0.1) is 0 Å². The molecule has 2 nitrogen and oxygen atoms in total. The van der Waals surface area contributed by atoms with Gasteiger partial charge in [-0.1, -0.05) is 0 Å². The first-order valence-electron chi connectivity index (χ1n) is 4.94. The van der Waals surface area contributed by atoms with E-state index in [-0.39, 0.29) is 0 Å². The number of nitrogens with two attached hydrogens (primary N) is 1. The van der Waals surface area contributed by atoms with Crippen LogP contribution in [-0.2, 0) is 0 Å². The second kappa shape index (κ2) is 3.99. The molecule has 0 amide bonds. The Morgan fingerprint density at radius 3 is 2.67 bits per heavy atom. The number of nitrogens with one attached hydrogen (secondary N) is 1. The van der Waals surface area contributed by atoms with Gasteiger partial charge in [-0.3, -0.25) is 0 Å². The van der Waals surface area contributed by atoms with E-state index in [1.807, 2.05) is 0 Å². The molecule has 0 aromatic heterocycles. The molecule has 1 saturated heterocycles. The number of hydrogen-bond donors (Lipinski definition) is 2. The topological polar surface area (TPSA) is 38.0 Å². The first-order valence-corrected chi connectivity index (χ1v) is 6.09. The Kier molecular flexibility index (Phi) is 2.94. The van der Waals surface area contributed by atoms with Gasteiger partial charge in [-0.25, -0.2) is 0 Å². The highest BCUT2D eigenvalue weighted by atomic mass is 32.2. The molecule has 1 aliphatic heterocycles. The smallest absolute Gasteiger partial charge is 0.0168 e. The lowest BCUT2D eigenvalue weighted by atomic mass is 10.2. The minimum Gasteiger partial charge on any atom is -0.328 e. The van der Waals surface area contributed by atoms with E-state index in [0.29, 0.717) is 6.04 Å². The Balaban J connectivity index is 1.72. The van der Waals surface area contributed by atoms with Gasteiger partial charge >= 0.3 is 0 Å². The molecule has 0 aromatic rings. The first-order chi connectivity index (χ1) is 5.84. The van der Waals surface area contributed by atoms with Crippen LogP contribution >= 0.6 is 11.8 Å². The van der Waals surface area contributed by atoms with Crippen LogP contribution < -0.4 is 11.1 Å². The summed E-state index contributed by atoms with van der Waals surface area (Å²) in [6.45, 7) is 0. The lowest BCUT2D eigenvalue weighted by Gasteiger charge is -2.17. The molecule has 2 aliphatic rings. The van der Waals surface area contributed by atoms with Gasteiger partial charge < -0.3 is 11.1 Å². The predicted octanol–water partition coefficient (Wildman–Crippen LogP) is 0.961. The van der Waals surface area contributed by atoms with Crippen molar-refractivity contribution in [2.75, 3.05) is 11.5 Å². The molecule has 2 rings (SSSR count). The van der Waals surface area contributed by atoms with Crippen molar-refractivity contribution in [2.45, 2.75) is 43.8 Å². The maximum Gasteiger partial charge on any atom is 0.0168 e. The fraction of sp³-hybridized carbons (Fsp3) is 1.00. The molecule has 3 atom stereocenters. The summed E-state index contributed by atoms with van der Waals surface area (Å²) < 4.78 is 0. The second-order valence-corrected chi connectivity index (χ2v) is 5.15. The monoisotopic (exact) mass is 186 g/mol. The lowest BCUT2D eigenvalue weighted by Crippen LogP contribution is -2.37. The molecule has 70 valence electrons. The third kappa shape index (κ3) is 2.15. The third-order valence-electron chi connectivity index (χ3n) is 2.87. The molecule has 1 saturated carbocycles. The Hall–Kier alpha value is 0.270. The highest BCUT2D eigenvalue weighted by Crippen LogP contribution is 2.22. The van der Waals surface area contributed by atoms with Crippen LogP contribution in [0.1, 0.15) is 25.7 Å². The summed E-state index contributed by atoms with van der Waals surface area (Å²) in [7, 11) is 0. The Morgan fingerprint density at radius 1 is 1.17 bits per heavy atom. The average Bonchev–Trinajstić information content (AvgIpc) is 2.63. The fourth-order valence-electron chi connectivity index (χ4n) is 2.17. The van der Waals surface area contributed by atoms with Crippen LogP contribution in [0.25, 0.3) is 0 Å². The number of hydrogen-bond acceptors (Lipinski definition) is 3. The Morgan fingerprint density at radius 2 is 2.08 bits per heavy atom. The van der Waals surface area contributed by atoms with Gasteiger partial charge in [-0.2, -0.15) is 11.8 Å². The zero-order chi connectivity index (χ0) is 8.39. The van der Waals surface area contributed by atoms with E-state index in [1.165, 1.54) is 37.2 Å². The van der Waals surface area contributed by atoms with Gasteiger partial charge in [0.05, 0.1) is 0 Å². The summed E-state index contributed by atoms with van der Waals surface area (Å²) in [5, 5.41) is 3.71. The fourth-order valence-corrected chi connectivity index (χ4v) is 3.33. The maximum atomic E-state index is 5.85. The van der Waals surface area contributed by atoms with Gasteiger partial charge in [-0.15, -0.1) is 0 Å². The van der Waals surface area contributed by atoms with Crippen LogP contribution in [0.4, 0.5) is 0 Å². The summed E-state index contributed by atoms with van der Waals surface area (Å²) in [5.41, 5.74) is 5.85. The summed E-state index contributed by atoms with van der Waals surface area (Å²) in [4.78, 5) is 0. The standard InChI is InChI=1S/C9H18N2S/c10-7-1-2-8(5-7)11-9-3-4-12-6-9/h7-9,11H,1-6,10H2. The highest BCUT2D eigenvalue weighted by Gasteiger charge is 2.25. The van der Waals surface area contributed by atoms with E-state index in [1.54, 1.807) is 0 Å². The molecule has 12 heavy (non-hydrogen) atoms. The number of thioether (sulfide) groups is 1. The molecule has 3 heteroatoms. The Bertz CT molecular complexity index is 145. The molecule has 3 N–H and O–H groups in total. The third-order valence-corrected chi connectivity index (χ3v) is 4.04. The second-order valence-electron chi connectivity index (χ2n) is 4.00. The molecule has 1 aliphatic carbocycles. The van der Waals surface area contributed by atoms with Crippen molar-refractivity contribution in [3.8, 4) is 0 Å². The molecule has 0 bridgehead atoms. The summed E-state index contributed by atoms with van der Waals surface area (Å²) in [5.74, 6) is 2.65. The van der Waals surface area contributed by atoms with Gasteiger partial charge in [0.15, 0.2) is 0 Å². The average molecular weight is 186 g/mol. The molecule has 1 heterocycles. The van der Waals surface area contributed by atoms with Crippen molar-refractivity contribution in [3.63, 3.8) is 0 Å². The summed E-state index contributed by atoms with van der Waals surface area (Å²) in [6, 6.07) is 1.98. The van der Waals surface area contributed by atoms with Gasteiger partial charge in [0.1, 0.15) is 0 Å². The zero-order valence-corrected chi connectivity index (χ0v) is 8.28. The minimum atomic E-state index is 0.469. The zero-order valence-electron chi connectivity index (χ0n) is 7.46. The normalized spacial score (nSPS) is 42.2. The molecule has 0 radical (unpaired) electrons. The van der Waals surface area contributed by atoms with Gasteiger partial charge in [0.2, 0.25) is 0 Å². The van der Waals surface area contributed by atoms with Gasteiger partial charge in [0.25, 0.3) is 0 Å². The van der Waals surface area contributed by atoms with E-state index in [2.05, 4.69) is 17.1 Å². The lowest BCUT2D eigenvalue weighted by molar-refractivity contribution is 0.451. The maximum absolute atomic E-state index is 5.85. The van der Waals surface area contributed by atoms with Crippen molar-refractivity contribution in [1.82, 2.24) is 5.32 Å². The Labute approximate surface area is 78.7 Å². The van der Waals surface area contributed by atoms with Crippen molar-refractivity contribution in [1.29, 1.82) is 0 Å². The van der Waals surface area contributed by atoms with E-state index < -0.39 is 0 Å². The largest absolute Gasteiger partial charge is 0.328 e. The molecule has 0 aromatic carbocycles.